The lowest BCUT2D eigenvalue weighted by atomic mass is 9.80. The van der Waals surface area contributed by atoms with Crippen LogP contribution < -0.4 is 0 Å². The second-order valence-electron chi connectivity index (χ2n) is 8.71. The molecule has 2 unspecified atom stereocenters. The summed E-state index contributed by atoms with van der Waals surface area (Å²) in [6.45, 7) is 6.85. The number of ketones is 1. The molecule has 3 heteroatoms. The zero-order chi connectivity index (χ0) is 19.5. The normalized spacial score (nSPS) is 25.0. The average Bonchev–Trinajstić information content (AvgIpc) is 2.69. The van der Waals surface area contributed by atoms with Crippen LogP contribution in [0.3, 0.4) is 0 Å². The fourth-order valence-electron chi connectivity index (χ4n) is 4.67. The van der Waals surface area contributed by atoms with Gasteiger partial charge >= 0.3 is 0 Å². The van der Waals surface area contributed by atoms with Crippen molar-refractivity contribution >= 4 is 5.78 Å². The number of fused-ring (bicyclic) bond motifs is 2. The van der Waals surface area contributed by atoms with Gasteiger partial charge in [0.05, 0.1) is 13.2 Å². The van der Waals surface area contributed by atoms with Gasteiger partial charge in [-0.2, -0.15) is 0 Å². The Kier molecular flexibility index (Phi) is 5.93. The fourth-order valence-corrected chi connectivity index (χ4v) is 4.67. The van der Waals surface area contributed by atoms with E-state index in [1.54, 1.807) is 0 Å². The van der Waals surface area contributed by atoms with Crippen LogP contribution >= 0.6 is 0 Å². The van der Waals surface area contributed by atoms with Crippen LogP contribution in [0.1, 0.15) is 49.3 Å². The Morgan fingerprint density at radius 2 is 1.61 bits per heavy atom. The highest BCUT2D eigenvalue weighted by Crippen LogP contribution is 2.34. The molecule has 2 bridgehead atoms. The van der Waals surface area contributed by atoms with Gasteiger partial charge < -0.3 is 4.74 Å². The van der Waals surface area contributed by atoms with Crippen molar-refractivity contribution < 1.29 is 9.53 Å². The SMILES string of the molecule is CC(C)c1ccc(CC(=O)C2CC3COCC(C2)N3Cc2ccccc2)cc1. The molecule has 28 heavy (non-hydrogen) atoms. The van der Waals surface area contributed by atoms with E-state index in [-0.39, 0.29) is 5.92 Å². The number of carbonyl (C=O) groups excluding carboxylic acids is 1. The Labute approximate surface area is 168 Å². The highest BCUT2D eigenvalue weighted by atomic mass is 16.5. The molecule has 4 rings (SSSR count). The van der Waals surface area contributed by atoms with Gasteiger partial charge in [0, 0.05) is 31.0 Å². The van der Waals surface area contributed by atoms with Crippen LogP contribution in [0.4, 0.5) is 0 Å². The van der Waals surface area contributed by atoms with E-state index in [1.165, 1.54) is 11.1 Å². The lowest BCUT2D eigenvalue weighted by molar-refractivity contribution is -0.133. The van der Waals surface area contributed by atoms with Crippen molar-refractivity contribution in [2.45, 2.75) is 57.7 Å². The highest BCUT2D eigenvalue weighted by Gasteiger charge is 2.40. The molecule has 0 aromatic heterocycles. The summed E-state index contributed by atoms with van der Waals surface area (Å²) in [7, 11) is 0. The van der Waals surface area contributed by atoms with Gasteiger partial charge in [-0.1, -0.05) is 68.4 Å². The van der Waals surface area contributed by atoms with E-state index < -0.39 is 0 Å². The molecule has 0 saturated carbocycles. The minimum atomic E-state index is 0.163. The third-order valence-corrected chi connectivity index (χ3v) is 6.36. The summed E-state index contributed by atoms with van der Waals surface area (Å²) in [6.07, 6.45) is 2.40. The molecular formula is C25H31NO2. The van der Waals surface area contributed by atoms with Gasteiger partial charge in [0.25, 0.3) is 0 Å². The van der Waals surface area contributed by atoms with E-state index >= 15 is 0 Å². The van der Waals surface area contributed by atoms with Crippen LogP contribution in [0.25, 0.3) is 0 Å². The minimum Gasteiger partial charge on any atom is -0.378 e. The van der Waals surface area contributed by atoms with Gasteiger partial charge in [-0.05, 0) is 35.4 Å². The first-order valence-corrected chi connectivity index (χ1v) is 10.6. The van der Waals surface area contributed by atoms with Crippen molar-refractivity contribution in [2.24, 2.45) is 5.92 Å². The second-order valence-corrected chi connectivity index (χ2v) is 8.71. The monoisotopic (exact) mass is 377 g/mol. The number of hydrogen-bond acceptors (Lipinski definition) is 3. The van der Waals surface area contributed by atoms with Gasteiger partial charge in [-0.3, -0.25) is 9.69 Å². The Bertz CT molecular complexity index is 770. The molecule has 3 nitrogen and oxygen atoms in total. The van der Waals surface area contributed by atoms with Crippen molar-refractivity contribution in [1.82, 2.24) is 4.90 Å². The van der Waals surface area contributed by atoms with Gasteiger partial charge in [0.1, 0.15) is 5.78 Å². The summed E-state index contributed by atoms with van der Waals surface area (Å²) in [5.74, 6) is 1.09. The topological polar surface area (TPSA) is 29.5 Å². The molecule has 2 saturated heterocycles. The van der Waals surface area contributed by atoms with Gasteiger partial charge in [0.2, 0.25) is 0 Å². The molecule has 2 aliphatic heterocycles. The Morgan fingerprint density at radius 1 is 0.964 bits per heavy atom. The first-order valence-electron chi connectivity index (χ1n) is 10.6. The predicted octanol–water partition coefficient (Wildman–Crippen LogP) is 4.60. The van der Waals surface area contributed by atoms with Crippen molar-refractivity contribution in [2.75, 3.05) is 13.2 Å². The van der Waals surface area contributed by atoms with Gasteiger partial charge in [-0.25, -0.2) is 0 Å². The molecule has 0 spiro atoms. The Balaban J connectivity index is 1.40. The average molecular weight is 378 g/mol. The smallest absolute Gasteiger partial charge is 0.140 e. The number of carbonyl (C=O) groups is 1. The number of morpholine rings is 1. The second kappa shape index (κ2) is 8.59. The van der Waals surface area contributed by atoms with E-state index in [0.29, 0.717) is 30.2 Å². The lowest BCUT2D eigenvalue weighted by Crippen LogP contribution is -2.57. The van der Waals surface area contributed by atoms with E-state index in [9.17, 15) is 4.79 Å². The quantitative estimate of drug-likeness (QED) is 0.737. The molecule has 0 amide bonds. The number of piperidine rings is 1. The molecule has 2 aliphatic rings. The van der Waals surface area contributed by atoms with Crippen LogP contribution in [-0.4, -0.2) is 36.0 Å². The van der Waals surface area contributed by atoms with Crippen LogP contribution in [-0.2, 0) is 22.5 Å². The predicted molar refractivity (Wildman–Crippen MR) is 112 cm³/mol. The maximum absolute atomic E-state index is 13.0. The molecule has 148 valence electrons. The zero-order valence-electron chi connectivity index (χ0n) is 17.0. The van der Waals surface area contributed by atoms with Crippen LogP contribution in [0.2, 0.25) is 0 Å². The van der Waals surface area contributed by atoms with Gasteiger partial charge in [0.15, 0.2) is 0 Å². The van der Waals surface area contributed by atoms with Crippen LogP contribution in [0.15, 0.2) is 54.6 Å². The number of hydrogen-bond donors (Lipinski definition) is 0. The molecular weight excluding hydrogens is 346 g/mol. The molecule has 2 heterocycles. The number of benzene rings is 2. The fraction of sp³-hybridized carbons (Fsp3) is 0.480. The molecule has 0 radical (unpaired) electrons. The summed E-state index contributed by atoms with van der Waals surface area (Å²) in [5.41, 5.74) is 3.81. The molecule has 0 aliphatic carbocycles. The third-order valence-electron chi connectivity index (χ3n) is 6.36. The maximum Gasteiger partial charge on any atom is 0.140 e. The Hall–Kier alpha value is -1.97. The molecule has 2 aromatic carbocycles. The number of Topliss-reactive ketones (excluding diaryl/α,β-unsaturated/α-hetero) is 1. The van der Waals surface area contributed by atoms with Crippen molar-refractivity contribution in [3.05, 3.63) is 71.3 Å². The van der Waals surface area contributed by atoms with Gasteiger partial charge in [-0.15, -0.1) is 0 Å². The van der Waals surface area contributed by atoms with E-state index in [2.05, 4.69) is 73.3 Å². The molecule has 2 atom stereocenters. The summed E-state index contributed by atoms with van der Waals surface area (Å²) in [6, 6.07) is 19.9. The van der Waals surface area contributed by atoms with E-state index in [1.807, 2.05) is 0 Å². The van der Waals surface area contributed by atoms with Crippen LogP contribution in [0, 0.1) is 5.92 Å². The Morgan fingerprint density at radius 3 is 2.21 bits per heavy atom. The van der Waals surface area contributed by atoms with Crippen molar-refractivity contribution in [3.63, 3.8) is 0 Å². The molecule has 2 fully saturated rings. The maximum atomic E-state index is 13.0. The largest absolute Gasteiger partial charge is 0.378 e. The first-order chi connectivity index (χ1) is 13.6. The van der Waals surface area contributed by atoms with Crippen LogP contribution in [0.5, 0.6) is 0 Å². The zero-order valence-corrected chi connectivity index (χ0v) is 17.0. The molecule has 2 aromatic rings. The van der Waals surface area contributed by atoms with E-state index in [0.717, 1.165) is 38.2 Å². The summed E-state index contributed by atoms with van der Waals surface area (Å²) in [4.78, 5) is 15.6. The standard InChI is InChI=1S/C25H31NO2/c1-18(2)21-10-8-19(9-11-21)12-25(27)22-13-23-16-28-17-24(14-22)26(23)15-20-6-4-3-5-7-20/h3-11,18,22-24H,12-17H2,1-2H3. The first kappa shape index (κ1) is 19.4. The number of rotatable bonds is 6. The molecule has 0 N–H and O–H groups in total. The lowest BCUT2D eigenvalue weighted by Gasteiger charge is -2.48. The summed E-state index contributed by atoms with van der Waals surface area (Å²) >= 11 is 0. The third kappa shape index (κ3) is 4.37. The van der Waals surface area contributed by atoms with Crippen molar-refractivity contribution in [3.8, 4) is 0 Å². The number of ether oxygens (including phenoxy) is 1. The van der Waals surface area contributed by atoms with Crippen molar-refractivity contribution in [1.29, 1.82) is 0 Å². The summed E-state index contributed by atoms with van der Waals surface area (Å²) < 4.78 is 5.83. The highest BCUT2D eigenvalue weighted by molar-refractivity contribution is 5.83. The van der Waals surface area contributed by atoms with E-state index in [4.69, 9.17) is 4.74 Å². The minimum absolute atomic E-state index is 0.163. The summed E-state index contributed by atoms with van der Waals surface area (Å²) in [5, 5.41) is 0. The number of nitrogens with zero attached hydrogens (tertiary/aromatic N) is 1.